The Labute approximate surface area is 153 Å². The van der Waals surface area contributed by atoms with Crippen molar-refractivity contribution in [2.45, 2.75) is 19.3 Å². The minimum Gasteiger partial charge on any atom is -0.367 e. The zero-order chi connectivity index (χ0) is 17.7. The van der Waals surface area contributed by atoms with E-state index in [0.29, 0.717) is 11.8 Å². The summed E-state index contributed by atoms with van der Waals surface area (Å²) >= 11 is 0. The third-order valence-corrected chi connectivity index (χ3v) is 5.66. The second kappa shape index (κ2) is 5.97. The van der Waals surface area contributed by atoms with Gasteiger partial charge in [0.15, 0.2) is 0 Å². The maximum absolute atomic E-state index is 12.3. The average molecular weight is 349 g/mol. The molecule has 0 spiro atoms. The first-order chi connectivity index (χ1) is 12.7. The predicted molar refractivity (Wildman–Crippen MR) is 101 cm³/mol. The highest BCUT2D eigenvalue weighted by molar-refractivity contribution is 5.91. The van der Waals surface area contributed by atoms with Crippen LogP contribution >= 0.6 is 0 Å². The summed E-state index contributed by atoms with van der Waals surface area (Å²) in [6.45, 7) is 3.44. The second-order valence-electron chi connectivity index (χ2n) is 7.53. The van der Waals surface area contributed by atoms with Gasteiger partial charge in [-0.2, -0.15) is 5.10 Å². The summed E-state index contributed by atoms with van der Waals surface area (Å²) in [5, 5.41) is 4.29. The minimum atomic E-state index is 0.316. The number of hydrogen-bond donors (Lipinski definition) is 0. The highest BCUT2D eigenvalue weighted by Crippen LogP contribution is 2.36. The number of pyridine rings is 1. The molecule has 6 heteroatoms. The molecule has 0 N–H and O–H groups in total. The predicted octanol–water partition coefficient (Wildman–Crippen LogP) is 1.97. The topological polar surface area (TPSA) is 54.3 Å². The van der Waals surface area contributed by atoms with Crippen LogP contribution < -0.4 is 4.90 Å². The van der Waals surface area contributed by atoms with Crippen molar-refractivity contribution in [3.8, 4) is 0 Å². The molecule has 2 fully saturated rings. The Morgan fingerprint density at radius 1 is 1.19 bits per heavy atom. The fourth-order valence-corrected chi connectivity index (χ4v) is 4.01. The van der Waals surface area contributed by atoms with Crippen molar-refractivity contribution in [3.05, 3.63) is 41.5 Å². The van der Waals surface area contributed by atoms with E-state index in [9.17, 15) is 4.79 Å². The van der Waals surface area contributed by atoms with Crippen LogP contribution in [0, 0.1) is 5.92 Å². The van der Waals surface area contributed by atoms with Gasteiger partial charge in [0.05, 0.1) is 11.9 Å². The van der Waals surface area contributed by atoms with Gasteiger partial charge in [0.25, 0.3) is 0 Å². The number of aryl methyl sites for hydroxylation is 1. The van der Waals surface area contributed by atoms with E-state index in [-0.39, 0.29) is 0 Å². The van der Waals surface area contributed by atoms with Crippen molar-refractivity contribution >= 4 is 23.2 Å². The number of aromatic nitrogens is 3. The van der Waals surface area contributed by atoms with Crippen molar-refractivity contribution in [1.29, 1.82) is 0 Å². The van der Waals surface area contributed by atoms with Crippen LogP contribution in [0.4, 0.5) is 5.69 Å². The highest BCUT2D eigenvalue weighted by Gasteiger charge is 2.35. The quantitative estimate of drug-likeness (QED) is 0.850. The number of nitrogens with zero attached hydrogens (tertiary/aromatic N) is 5. The van der Waals surface area contributed by atoms with Crippen LogP contribution in [0.25, 0.3) is 11.6 Å². The Balaban J connectivity index is 1.36. The normalized spacial score (nSPS) is 19.5. The van der Waals surface area contributed by atoms with E-state index in [4.69, 9.17) is 0 Å². The van der Waals surface area contributed by atoms with Crippen molar-refractivity contribution in [2.75, 3.05) is 31.1 Å². The molecule has 3 aliphatic rings. The lowest BCUT2D eigenvalue weighted by molar-refractivity contribution is -0.132. The molecular formula is C20H23N5O. The Kier molecular flexibility index (Phi) is 3.58. The number of hydrogen-bond acceptors (Lipinski definition) is 4. The van der Waals surface area contributed by atoms with Gasteiger partial charge in [0.1, 0.15) is 0 Å². The minimum absolute atomic E-state index is 0.316. The first kappa shape index (κ1) is 15.6. The lowest BCUT2D eigenvalue weighted by Gasteiger charge is -2.37. The fourth-order valence-electron chi connectivity index (χ4n) is 4.01. The lowest BCUT2D eigenvalue weighted by Crippen LogP contribution is -2.49. The molecule has 3 heterocycles. The van der Waals surface area contributed by atoms with Gasteiger partial charge in [-0.1, -0.05) is 0 Å². The maximum atomic E-state index is 12.3. The molecule has 0 radical (unpaired) electrons. The van der Waals surface area contributed by atoms with E-state index in [1.807, 2.05) is 29.0 Å². The molecule has 1 aliphatic heterocycles. The van der Waals surface area contributed by atoms with E-state index in [1.54, 1.807) is 0 Å². The van der Waals surface area contributed by atoms with Crippen LogP contribution in [-0.2, 0) is 18.3 Å². The van der Waals surface area contributed by atoms with Crippen LogP contribution in [0.3, 0.4) is 0 Å². The molecule has 0 atom stereocenters. The third-order valence-electron chi connectivity index (χ3n) is 5.66. The molecule has 1 saturated carbocycles. The molecule has 26 heavy (non-hydrogen) atoms. The molecule has 0 unspecified atom stereocenters. The van der Waals surface area contributed by atoms with Gasteiger partial charge in [-0.25, -0.2) is 0 Å². The number of piperazine rings is 1. The summed E-state index contributed by atoms with van der Waals surface area (Å²) in [4.78, 5) is 21.3. The molecular weight excluding hydrogens is 326 g/mol. The molecule has 2 aromatic heterocycles. The van der Waals surface area contributed by atoms with Gasteiger partial charge in [-0.15, -0.1) is 0 Å². The first-order valence-corrected chi connectivity index (χ1v) is 9.40. The summed E-state index contributed by atoms with van der Waals surface area (Å²) in [5.74, 6) is 0.681. The molecule has 1 saturated heterocycles. The number of rotatable bonds is 3. The van der Waals surface area contributed by atoms with E-state index in [1.165, 1.54) is 16.8 Å². The molecule has 134 valence electrons. The fraction of sp³-hybridized carbons (Fsp3) is 0.450. The molecule has 1 amide bonds. The van der Waals surface area contributed by atoms with Gasteiger partial charge < -0.3 is 9.80 Å². The number of carbonyl (C=O) groups is 1. The summed E-state index contributed by atoms with van der Waals surface area (Å²) in [6.07, 6.45) is 11.2. The first-order valence-electron chi connectivity index (χ1n) is 9.40. The van der Waals surface area contributed by atoms with Gasteiger partial charge >= 0.3 is 0 Å². The number of anilines is 1. The Hall–Kier alpha value is -2.63. The Morgan fingerprint density at radius 2 is 2.00 bits per heavy atom. The number of allylic oxidation sites excluding steroid dienone is 1. The van der Waals surface area contributed by atoms with Crippen LogP contribution in [0.1, 0.15) is 29.7 Å². The van der Waals surface area contributed by atoms with Crippen LogP contribution in [0.2, 0.25) is 0 Å². The summed E-state index contributed by atoms with van der Waals surface area (Å²) < 4.78 is 1.84. The Bertz CT molecular complexity index is 887. The lowest BCUT2D eigenvalue weighted by atomic mass is 10.1. The molecule has 6 nitrogen and oxygen atoms in total. The van der Waals surface area contributed by atoms with Gasteiger partial charge in [-0.05, 0) is 30.6 Å². The van der Waals surface area contributed by atoms with Crippen molar-refractivity contribution < 1.29 is 4.79 Å². The van der Waals surface area contributed by atoms with Crippen LogP contribution in [0.15, 0.2) is 24.7 Å². The summed E-state index contributed by atoms with van der Waals surface area (Å²) in [6, 6.07) is 2.11. The SMILES string of the molecule is Cn1cc(C2=Cc3c(N4CCN(C(=O)C5CC5)CC4)ccnc3C2)cn1. The van der Waals surface area contributed by atoms with E-state index in [2.05, 4.69) is 33.3 Å². The van der Waals surface area contributed by atoms with E-state index in [0.717, 1.165) is 56.7 Å². The second-order valence-corrected chi connectivity index (χ2v) is 7.53. The molecule has 0 bridgehead atoms. The largest absolute Gasteiger partial charge is 0.367 e. The Morgan fingerprint density at radius 3 is 2.69 bits per heavy atom. The summed E-state index contributed by atoms with van der Waals surface area (Å²) in [7, 11) is 1.94. The monoisotopic (exact) mass is 349 g/mol. The van der Waals surface area contributed by atoms with E-state index >= 15 is 0 Å². The molecule has 2 aliphatic carbocycles. The van der Waals surface area contributed by atoms with Gasteiger partial charge in [-0.3, -0.25) is 14.5 Å². The zero-order valence-corrected chi connectivity index (χ0v) is 15.1. The standard InChI is InChI=1S/C20H23N5O/c1-23-13-16(12-22-23)15-10-17-18(11-15)21-5-4-19(17)24-6-8-25(9-7-24)20(26)14-2-3-14/h4-5,10,12-14H,2-3,6-9,11H2,1H3. The van der Waals surface area contributed by atoms with Crippen LogP contribution in [-0.4, -0.2) is 51.8 Å². The van der Waals surface area contributed by atoms with Crippen molar-refractivity contribution in [3.63, 3.8) is 0 Å². The van der Waals surface area contributed by atoms with Gasteiger partial charge in [0.2, 0.25) is 5.91 Å². The van der Waals surface area contributed by atoms with Crippen LogP contribution in [0.5, 0.6) is 0 Å². The highest BCUT2D eigenvalue weighted by atomic mass is 16.2. The molecule has 0 aromatic carbocycles. The van der Waals surface area contributed by atoms with Crippen molar-refractivity contribution in [2.24, 2.45) is 13.0 Å². The van der Waals surface area contributed by atoms with Crippen molar-refractivity contribution in [1.82, 2.24) is 19.7 Å². The number of amides is 1. The number of carbonyl (C=O) groups excluding carboxylic acids is 1. The average Bonchev–Trinajstić information content (AvgIpc) is 3.27. The smallest absolute Gasteiger partial charge is 0.225 e. The molecule has 5 rings (SSSR count). The van der Waals surface area contributed by atoms with E-state index < -0.39 is 0 Å². The zero-order valence-electron chi connectivity index (χ0n) is 15.1. The molecule has 2 aromatic rings. The summed E-state index contributed by atoms with van der Waals surface area (Å²) in [5.41, 5.74) is 6.05. The maximum Gasteiger partial charge on any atom is 0.225 e. The number of fused-ring (bicyclic) bond motifs is 1. The van der Waals surface area contributed by atoms with Gasteiger partial charge in [0, 0.05) is 74.8 Å². The third kappa shape index (κ3) is 2.69.